The van der Waals surface area contributed by atoms with E-state index in [1.807, 2.05) is 0 Å². The van der Waals surface area contributed by atoms with Gasteiger partial charge < -0.3 is 15.4 Å². The van der Waals surface area contributed by atoms with E-state index in [0.29, 0.717) is 18.5 Å². The van der Waals surface area contributed by atoms with Gasteiger partial charge in [0, 0.05) is 12.2 Å². The van der Waals surface area contributed by atoms with Crippen LogP contribution in [0.4, 0.5) is 14.9 Å². The Morgan fingerprint density at radius 1 is 1.25 bits per heavy atom. The Morgan fingerprint density at radius 3 is 2.54 bits per heavy atom. The normalized spacial score (nSPS) is 18.9. The summed E-state index contributed by atoms with van der Waals surface area (Å²) in [6.45, 7) is 1.30. The van der Waals surface area contributed by atoms with Crippen LogP contribution < -0.4 is 10.6 Å². The molecule has 1 saturated heterocycles. The molecule has 1 atom stereocenters. The first-order chi connectivity index (χ1) is 13.3. The molecule has 9 heteroatoms. The summed E-state index contributed by atoms with van der Waals surface area (Å²) in [4.78, 5) is 49.7. The minimum absolute atomic E-state index is 0.0997. The molecule has 3 rings (SSSR count). The smallest absolute Gasteiger partial charge is 0.325 e. The lowest BCUT2D eigenvalue weighted by Crippen LogP contribution is -2.44. The van der Waals surface area contributed by atoms with E-state index >= 15 is 0 Å². The summed E-state index contributed by atoms with van der Waals surface area (Å²) in [5.74, 6) is -2.00. The average Bonchev–Trinajstić information content (AvgIpc) is 3.21. The third-order valence-electron chi connectivity index (χ3n) is 5.03. The van der Waals surface area contributed by atoms with E-state index in [1.54, 1.807) is 0 Å². The second kappa shape index (κ2) is 7.95. The van der Waals surface area contributed by atoms with Crippen molar-refractivity contribution in [2.45, 2.75) is 50.7 Å². The van der Waals surface area contributed by atoms with Gasteiger partial charge in [-0.05, 0) is 44.0 Å². The minimum Gasteiger partial charge on any atom is -0.452 e. The van der Waals surface area contributed by atoms with Gasteiger partial charge in [-0.25, -0.2) is 9.18 Å². The predicted octanol–water partition coefficient (Wildman–Crippen LogP) is 1.95. The molecule has 1 spiro atoms. The lowest BCUT2D eigenvalue weighted by atomic mass is 9.98. The maximum atomic E-state index is 12.9. The molecule has 150 valence electrons. The van der Waals surface area contributed by atoms with Crippen molar-refractivity contribution in [1.82, 2.24) is 10.2 Å². The zero-order valence-corrected chi connectivity index (χ0v) is 15.5. The molecule has 8 nitrogen and oxygen atoms in total. The van der Waals surface area contributed by atoms with Crippen molar-refractivity contribution in [1.29, 1.82) is 0 Å². The number of anilines is 1. The van der Waals surface area contributed by atoms with Gasteiger partial charge in [0.15, 0.2) is 6.10 Å². The van der Waals surface area contributed by atoms with E-state index in [2.05, 4.69) is 10.6 Å². The number of amides is 4. The fourth-order valence-electron chi connectivity index (χ4n) is 3.49. The first-order valence-electron chi connectivity index (χ1n) is 9.21. The summed E-state index contributed by atoms with van der Waals surface area (Å²) in [5.41, 5.74) is -0.445. The van der Waals surface area contributed by atoms with Gasteiger partial charge in [0.1, 0.15) is 11.4 Å². The molecular formula is C19H22FN3O5. The highest BCUT2D eigenvalue weighted by Crippen LogP contribution is 2.35. The Bertz CT molecular complexity index is 789. The molecule has 0 radical (unpaired) electrons. The third-order valence-corrected chi connectivity index (χ3v) is 5.03. The van der Waals surface area contributed by atoms with Crippen LogP contribution in [0.2, 0.25) is 0 Å². The number of ether oxygens (including phenoxy) is 1. The van der Waals surface area contributed by atoms with Gasteiger partial charge in [-0.1, -0.05) is 12.8 Å². The fourth-order valence-corrected chi connectivity index (χ4v) is 3.49. The maximum Gasteiger partial charge on any atom is 0.325 e. The van der Waals surface area contributed by atoms with Gasteiger partial charge in [-0.2, -0.15) is 0 Å². The number of nitrogens with zero attached hydrogens (tertiary/aromatic N) is 1. The van der Waals surface area contributed by atoms with Crippen molar-refractivity contribution >= 4 is 29.5 Å². The zero-order chi connectivity index (χ0) is 20.3. The standard InChI is InChI=1S/C19H22FN3O5/c1-12(16(25)21-14-6-4-13(20)5-7-14)28-15(24)8-11-23-17(26)19(22-18(23)27)9-2-3-10-19/h4-7,12H,2-3,8-11H2,1H3,(H,21,25)(H,22,27)/t12-/m0/s1. The number of urea groups is 1. The van der Waals surface area contributed by atoms with E-state index in [1.165, 1.54) is 31.2 Å². The van der Waals surface area contributed by atoms with E-state index in [9.17, 15) is 23.6 Å². The minimum atomic E-state index is -1.08. The Labute approximate surface area is 161 Å². The maximum absolute atomic E-state index is 12.9. The summed E-state index contributed by atoms with van der Waals surface area (Å²) in [6.07, 6.45) is 1.69. The molecule has 2 aliphatic rings. The first kappa shape index (κ1) is 19.8. The van der Waals surface area contributed by atoms with Crippen molar-refractivity contribution in [2.24, 2.45) is 0 Å². The summed E-state index contributed by atoms with van der Waals surface area (Å²) < 4.78 is 17.9. The summed E-state index contributed by atoms with van der Waals surface area (Å²) in [7, 11) is 0. The SMILES string of the molecule is C[C@H](OC(=O)CCN1C(=O)NC2(CCCC2)C1=O)C(=O)Nc1ccc(F)cc1. The van der Waals surface area contributed by atoms with Crippen LogP contribution in [0.15, 0.2) is 24.3 Å². The number of carbonyl (C=O) groups is 4. The number of benzene rings is 1. The molecule has 1 aromatic rings. The Hall–Kier alpha value is -2.97. The van der Waals surface area contributed by atoms with Crippen molar-refractivity contribution in [3.05, 3.63) is 30.1 Å². The highest BCUT2D eigenvalue weighted by molar-refractivity contribution is 6.07. The number of esters is 1. The lowest BCUT2D eigenvalue weighted by Gasteiger charge is -2.20. The highest BCUT2D eigenvalue weighted by atomic mass is 19.1. The van der Waals surface area contributed by atoms with Gasteiger partial charge in [0.05, 0.1) is 6.42 Å². The van der Waals surface area contributed by atoms with Crippen LogP contribution in [0, 0.1) is 5.82 Å². The molecule has 1 aliphatic heterocycles. The van der Waals surface area contributed by atoms with Gasteiger partial charge in [-0.15, -0.1) is 0 Å². The Kier molecular flexibility index (Phi) is 5.62. The molecular weight excluding hydrogens is 369 g/mol. The number of nitrogens with one attached hydrogen (secondary N) is 2. The predicted molar refractivity (Wildman–Crippen MR) is 96.6 cm³/mol. The molecule has 2 fully saturated rings. The molecule has 28 heavy (non-hydrogen) atoms. The second-order valence-electron chi connectivity index (χ2n) is 7.05. The van der Waals surface area contributed by atoms with Gasteiger partial charge >= 0.3 is 12.0 Å². The molecule has 1 aromatic carbocycles. The van der Waals surface area contributed by atoms with Crippen LogP contribution in [0.3, 0.4) is 0 Å². The van der Waals surface area contributed by atoms with Crippen molar-refractivity contribution in [3.63, 3.8) is 0 Å². The van der Waals surface area contributed by atoms with Crippen LogP contribution in [-0.4, -0.2) is 46.9 Å². The number of carbonyl (C=O) groups excluding carboxylic acids is 4. The Morgan fingerprint density at radius 2 is 1.89 bits per heavy atom. The number of hydrogen-bond donors (Lipinski definition) is 2. The summed E-state index contributed by atoms with van der Waals surface area (Å²) in [5, 5.41) is 5.24. The topological polar surface area (TPSA) is 105 Å². The largest absolute Gasteiger partial charge is 0.452 e. The monoisotopic (exact) mass is 391 g/mol. The van der Waals surface area contributed by atoms with Crippen molar-refractivity contribution < 1.29 is 28.3 Å². The lowest BCUT2D eigenvalue weighted by molar-refractivity contribution is -0.153. The molecule has 1 aliphatic carbocycles. The highest BCUT2D eigenvalue weighted by Gasteiger charge is 2.52. The first-order valence-corrected chi connectivity index (χ1v) is 9.21. The fraction of sp³-hybridized carbons (Fsp3) is 0.474. The average molecular weight is 391 g/mol. The van der Waals surface area contributed by atoms with Gasteiger partial charge in [0.25, 0.3) is 11.8 Å². The van der Waals surface area contributed by atoms with Crippen molar-refractivity contribution in [2.75, 3.05) is 11.9 Å². The molecule has 2 N–H and O–H groups in total. The molecule has 0 bridgehead atoms. The summed E-state index contributed by atoms with van der Waals surface area (Å²) in [6, 6.07) is 4.67. The quantitative estimate of drug-likeness (QED) is 0.570. The van der Waals surface area contributed by atoms with Crippen LogP contribution in [0.25, 0.3) is 0 Å². The van der Waals surface area contributed by atoms with E-state index in [4.69, 9.17) is 4.74 Å². The second-order valence-corrected chi connectivity index (χ2v) is 7.05. The number of imide groups is 1. The number of halogens is 1. The van der Waals surface area contributed by atoms with Gasteiger partial charge in [0.2, 0.25) is 0 Å². The molecule has 4 amide bonds. The number of rotatable bonds is 6. The van der Waals surface area contributed by atoms with E-state index in [-0.39, 0.29) is 18.9 Å². The van der Waals surface area contributed by atoms with Crippen LogP contribution in [0.5, 0.6) is 0 Å². The van der Waals surface area contributed by atoms with Crippen molar-refractivity contribution in [3.8, 4) is 0 Å². The molecule has 0 aromatic heterocycles. The van der Waals surface area contributed by atoms with Gasteiger partial charge in [-0.3, -0.25) is 19.3 Å². The molecule has 1 saturated carbocycles. The number of hydrogen-bond acceptors (Lipinski definition) is 5. The van der Waals surface area contributed by atoms with E-state index < -0.39 is 35.4 Å². The van der Waals surface area contributed by atoms with Crippen LogP contribution in [0.1, 0.15) is 39.0 Å². The third kappa shape index (κ3) is 4.13. The Balaban J connectivity index is 1.47. The van der Waals surface area contributed by atoms with Crippen LogP contribution in [-0.2, 0) is 19.1 Å². The van der Waals surface area contributed by atoms with Crippen LogP contribution >= 0.6 is 0 Å². The molecule has 0 unspecified atom stereocenters. The summed E-state index contributed by atoms with van der Waals surface area (Å²) >= 11 is 0. The zero-order valence-electron chi connectivity index (χ0n) is 15.5. The van der Waals surface area contributed by atoms with E-state index in [0.717, 1.165) is 17.7 Å². The molecule has 1 heterocycles.